The molecular formula is C7H7NOS. The minimum Gasteiger partial charge on any atom is -0.303 e. The van der Waals surface area contributed by atoms with E-state index < -0.39 is 0 Å². The van der Waals surface area contributed by atoms with Crippen LogP contribution in [0.2, 0.25) is 0 Å². The summed E-state index contributed by atoms with van der Waals surface area (Å²) in [6.45, 7) is 0. The smallest absolute Gasteiger partial charge is 0.129 e. The average Bonchev–Trinajstić information content (AvgIpc) is 2.44. The molecule has 0 fully saturated rings. The summed E-state index contributed by atoms with van der Waals surface area (Å²) in [6, 6.07) is 0. The predicted octanol–water partition coefficient (Wildman–Crippen LogP) is 1.37. The number of carbonyl (C=O) groups excluding carboxylic acids is 1. The first-order chi connectivity index (χ1) is 4.92. The molecule has 0 N–H and O–H groups in total. The Morgan fingerprint density at radius 2 is 2.70 bits per heavy atom. The fourth-order valence-electron chi connectivity index (χ4n) is 1.32. The number of thiazole rings is 1. The minimum absolute atomic E-state index is 0.0984. The maximum Gasteiger partial charge on any atom is 0.129 e. The Hall–Kier alpha value is -0.700. The van der Waals surface area contributed by atoms with Crippen LogP contribution in [0.1, 0.15) is 22.9 Å². The largest absolute Gasteiger partial charge is 0.303 e. The molecule has 0 spiro atoms. The van der Waals surface area contributed by atoms with E-state index in [2.05, 4.69) is 4.98 Å². The molecule has 0 unspecified atom stereocenters. The molecular weight excluding hydrogens is 146 g/mol. The molecule has 1 atom stereocenters. The quantitative estimate of drug-likeness (QED) is 0.570. The van der Waals surface area contributed by atoms with E-state index in [4.69, 9.17) is 0 Å². The summed E-state index contributed by atoms with van der Waals surface area (Å²) in [4.78, 5) is 15.9. The van der Waals surface area contributed by atoms with Crippen molar-refractivity contribution in [3.05, 3.63) is 16.1 Å². The topological polar surface area (TPSA) is 30.0 Å². The molecule has 1 heterocycles. The Bertz CT molecular complexity index is 256. The van der Waals surface area contributed by atoms with E-state index in [9.17, 15) is 4.79 Å². The van der Waals surface area contributed by atoms with Crippen molar-refractivity contribution in [2.45, 2.75) is 18.8 Å². The van der Waals surface area contributed by atoms with Gasteiger partial charge in [-0.1, -0.05) is 0 Å². The number of aldehydes is 1. The summed E-state index contributed by atoms with van der Waals surface area (Å²) in [5.41, 5.74) is 2.85. The molecule has 1 aliphatic carbocycles. The van der Waals surface area contributed by atoms with Crippen molar-refractivity contribution in [3.63, 3.8) is 0 Å². The summed E-state index contributed by atoms with van der Waals surface area (Å²) in [6.07, 6.45) is 3.02. The van der Waals surface area contributed by atoms with Crippen molar-refractivity contribution in [1.82, 2.24) is 4.98 Å². The van der Waals surface area contributed by atoms with E-state index in [-0.39, 0.29) is 5.92 Å². The summed E-state index contributed by atoms with van der Waals surface area (Å²) in [5, 5.41) is 0. The number of nitrogens with zero attached hydrogens (tertiary/aromatic N) is 1. The molecule has 52 valence electrons. The second-order valence-corrected chi connectivity index (χ2v) is 3.38. The standard InChI is InChI=1S/C7H7NOS/c9-3-5-1-2-6-7(5)8-4-10-6/h3-5H,1-2H2/t5-/m0/s1. The van der Waals surface area contributed by atoms with Crippen molar-refractivity contribution in [1.29, 1.82) is 0 Å². The lowest BCUT2D eigenvalue weighted by Crippen LogP contribution is -1.93. The van der Waals surface area contributed by atoms with E-state index in [0.717, 1.165) is 24.8 Å². The SMILES string of the molecule is O=C[C@@H]1CCc2scnc21. The van der Waals surface area contributed by atoms with Gasteiger partial charge in [0, 0.05) is 4.88 Å². The van der Waals surface area contributed by atoms with Crippen molar-refractivity contribution in [2.24, 2.45) is 0 Å². The highest BCUT2D eigenvalue weighted by molar-refractivity contribution is 7.09. The predicted molar refractivity (Wildman–Crippen MR) is 39.2 cm³/mol. The Morgan fingerprint density at radius 1 is 1.80 bits per heavy atom. The van der Waals surface area contributed by atoms with Crippen molar-refractivity contribution in [2.75, 3.05) is 0 Å². The van der Waals surface area contributed by atoms with E-state index in [1.165, 1.54) is 4.88 Å². The van der Waals surface area contributed by atoms with Gasteiger partial charge in [-0.2, -0.15) is 0 Å². The second kappa shape index (κ2) is 2.16. The Labute approximate surface area is 62.9 Å². The van der Waals surface area contributed by atoms with Gasteiger partial charge in [0.1, 0.15) is 6.29 Å². The van der Waals surface area contributed by atoms with Gasteiger partial charge < -0.3 is 4.79 Å². The molecule has 1 aromatic heterocycles. The van der Waals surface area contributed by atoms with Crippen molar-refractivity contribution >= 4 is 17.6 Å². The molecule has 0 bridgehead atoms. The number of carbonyl (C=O) groups is 1. The molecule has 0 saturated heterocycles. The van der Waals surface area contributed by atoms with Crippen LogP contribution in [0.3, 0.4) is 0 Å². The number of fused-ring (bicyclic) bond motifs is 1. The lowest BCUT2D eigenvalue weighted by molar-refractivity contribution is -0.109. The molecule has 0 saturated carbocycles. The molecule has 10 heavy (non-hydrogen) atoms. The average molecular weight is 153 g/mol. The zero-order valence-corrected chi connectivity index (χ0v) is 6.23. The van der Waals surface area contributed by atoms with Crippen LogP contribution in [-0.4, -0.2) is 11.3 Å². The van der Waals surface area contributed by atoms with E-state index >= 15 is 0 Å². The van der Waals surface area contributed by atoms with Crippen LogP contribution in [-0.2, 0) is 11.2 Å². The molecule has 0 aliphatic heterocycles. The van der Waals surface area contributed by atoms with Gasteiger partial charge in [-0.15, -0.1) is 11.3 Å². The normalized spacial score (nSPS) is 22.6. The zero-order valence-electron chi connectivity index (χ0n) is 5.41. The summed E-state index contributed by atoms with van der Waals surface area (Å²) >= 11 is 1.66. The van der Waals surface area contributed by atoms with Crippen molar-refractivity contribution < 1.29 is 4.79 Å². The van der Waals surface area contributed by atoms with Gasteiger partial charge >= 0.3 is 0 Å². The first-order valence-corrected chi connectivity index (χ1v) is 4.17. The highest BCUT2D eigenvalue weighted by atomic mass is 32.1. The number of rotatable bonds is 1. The molecule has 2 rings (SSSR count). The minimum atomic E-state index is 0.0984. The molecule has 0 amide bonds. The van der Waals surface area contributed by atoms with E-state index in [0.29, 0.717) is 0 Å². The van der Waals surface area contributed by atoms with Gasteiger partial charge in [0.15, 0.2) is 0 Å². The first kappa shape index (κ1) is 6.04. The second-order valence-electron chi connectivity index (χ2n) is 2.44. The number of hydrogen-bond donors (Lipinski definition) is 0. The highest BCUT2D eigenvalue weighted by Gasteiger charge is 2.23. The van der Waals surface area contributed by atoms with Crippen LogP contribution in [0, 0.1) is 0 Å². The van der Waals surface area contributed by atoms with E-state index in [1.54, 1.807) is 11.3 Å². The third-order valence-corrected chi connectivity index (χ3v) is 2.78. The maximum atomic E-state index is 10.4. The van der Waals surface area contributed by atoms with Gasteiger partial charge in [0.05, 0.1) is 17.1 Å². The fraction of sp³-hybridized carbons (Fsp3) is 0.429. The lowest BCUT2D eigenvalue weighted by Gasteiger charge is -1.93. The molecule has 1 aliphatic rings. The lowest BCUT2D eigenvalue weighted by atomic mass is 10.1. The van der Waals surface area contributed by atoms with Gasteiger partial charge in [-0.05, 0) is 12.8 Å². The summed E-state index contributed by atoms with van der Waals surface area (Å²) in [5.74, 6) is 0.0984. The van der Waals surface area contributed by atoms with Crippen LogP contribution < -0.4 is 0 Å². The first-order valence-electron chi connectivity index (χ1n) is 3.29. The zero-order chi connectivity index (χ0) is 6.97. The number of aromatic nitrogens is 1. The Morgan fingerprint density at radius 3 is 3.50 bits per heavy atom. The molecule has 0 radical (unpaired) electrons. The van der Waals surface area contributed by atoms with Gasteiger partial charge in [-0.25, -0.2) is 4.98 Å². The van der Waals surface area contributed by atoms with Crippen LogP contribution in [0.25, 0.3) is 0 Å². The van der Waals surface area contributed by atoms with Crippen LogP contribution in [0.15, 0.2) is 5.51 Å². The number of aryl methyl sites for hydroxylation is 1. The van der Waals surface area contributed by atoms with Crippen LogP contribution >= 0.6 is 11.3 Å². The van der Waals surface area contributed by atoms with Gasteiger partial charge in [0.25, 0.3) is 0 Å². The monoisotopic (exact) mass is 153 g/mol. The summed E-state index contributed by atoms with van der Waals surface area (Å²) in [7, 11) is 0. The van der Waals surface area contributed by atoms with Crippen LogP contribution in [0.4, 0.5) is 0 Å². The molecule has 2 nitrogen and oxygen atoms in total. The third-order valence-electron chi connectivity index (χ3n) is 1.87. The molecule has 3 heteroatoms. The maximum absolute atomic E-state index is 10.4. The van der Waals surface area contributed by atoms with Gasteiger partial charge in [0.2, 0.25) is 0 Å². The third kappa shape index (κ3) is 0.703. The molecule has 0 aromatic carbocycles. The van der Waals surface area contributed by atoms with Crippen molar-refractivity contribution in [3.8, 4) is 0 Å². The van der Waals surface area contributed by atoms with Crippen LogP contribution in [0.5, 0.6) is 0 Å². The van der Waals surface area contributed by atoms with E-state index in [1.807, 2.05) is 5.51 Å². The summed E-state index contributed by atoms with van der Waals surface area (Å²) < 4.78 is 0. The fourth-order valence-corrected chi connectivity index (χ4v) is 2.18. The number of hydrogen-bond acceptors (Lipinski definition) is 3. The Balaban J connectivity index is 2.43. The molecule has 1 aromatic rings. The highest BCUT2D eigenvalue weighted by Crippen LogP contribution is 2.32. The van der Waals surface area contributed by atoms with Gasteiger partial charge in [-0.3, -0.25) is 0 Å². The Kier molecular flexibility index (Phi) is 1.31.